The van der Waals surface area contributed by atoms with E-state index >= 15 is 0 Å². The second-order valence-corrected chi connectivity index (χ2v) is 11.9. The van der Waals surface area contributed by atoms with Gasteiger partial charge >= 0.3 is 0 Å². The maximum Gasteiger partial charge on any atom is 0.289 e. The normalized spacial score (nSPS) is 11.1. The molecule has 47 heavy (non-hydrogen) atoms. The first kappa shape index (κ1) is 34.5. The maximum atomic E-state index is 13.9. The Kier molecular flexibility index (Phi) is 11.6. The van der Waals surface area contributed by atoms with Crippen LogP contribution in [-0.2, 0) is 21.4 Å². The molecule has 15 heteroatoms. The zero-order chi connectivity index (χ0) is 34.0. The lowest BCUT2D eigenvalue weighted by Gasteiger charge is -2.25. The SMILES string of the molecule is CCOc1cc(/C=N\NC(=O)CN(c2ccc(OC)cc2OC)S(=O)(=O)c2ccccc2[N+](=O)[O-])ccc1OCc1cccc(Cl)c1. The molecule has 0 saturated heterocycles. The number of hydrogen-bond acceptors (Lipinski definition) is 10. The van der Waals surface area contributed by atoms with Crippen LogP contribution in [0.15, 0.2) is 94.9 Å². The number of anilines is 1. The number of rotatable bonds is 15. The molecule has 4 aromatic rings. The summed E-state index contributed by atoms with van der Waals surface area (Å²) in [6.07, 6.45) is 1.34. The number of para-hydroxylation sites is 1. The van der Waals surface area contributed by atoms with Gasteiger partial charge in [0.05, 0.1) is 37.7 Å². The number of nitrogens with zero attached hydrogens (tertiary/aromatic N) is 3. The minimum Gasteiger partial charge on any atom is -0.497 e. The highest BCUT2D eigenvalue weighted by Crippen LogP contribution is 2.37. The van der Waals surface area contributed by atoms with Gasteiger partial charge in [-0.25, -0.2) is 13.8 Å². The third-order valence-electron chi connectivity index (χ3n) is 6.53. The summed E-state index contributed by atoms with van der Waals surface area (Å²) >= 11 is 6.06. The van der Waals surface area contributed by atoms with Crippen LogP contribution in [0.4, 0.5) is 11.4 Å². The third-order valence-corrected chi connectivity index (χ3v) is 8.57. The molecule has 1 N–H and O–H groups in total. The summed E-state index contributed by atoms with van der Waals surface area (Å²) < 4.78 is 50.7. The summed E-state index contributed by atoms with van der Waals surface area (Å²) in [5.74, 6) is 0.488. The number of nitro groups is 1. The van der Waals surface area contributed by atoms with Crippen LogP contribution in [-0.4, -0.2) is 52.8 Å². The van der Waals surface area contributed by atoms with Gasteiger partial charge in [0.2, 0.25) is 0 Å². The van der Waals surface area contributed by atoms with Crippen molar-refractivity contribution in [2.75, 3.05) is 31.7 Å². The summed E-state index contributed by atoms with van der Waals surface area (Å²) in [5, 5.41) is 16.3. The summed E-state index contributed by atoms with van der Waals surface area (Å²) in [6.45, 7) is 1.65. The Hall–Kier alpha value is -5.34. The molecule has 4 aromatic carbocycles. The van der Waals surface area contributed by atoms with Gasteiger partial charge < -0.3 is 18.9 Å². The molecule has 13 nitrogen and oxygen atoms in total. The number of hydrazone groups is 1. The number of hydrogen-bond donors (Lipinski definition) is 1. The molecular formula is C32H31ClN4O9S. The molecule has 0 unspecified atom stereocenters. The smallest absolute Gasteiger partial charge is 0.289 e. The molecule has 4 rings (SSSR count). The van der Waals surface area contributed by atoms with Crippen LogP contribution in [0, 0.1) is 10.1 Å². The van der Waals surface area contributed by atoms with E-state index in [1.165, 1.54) is 50.8 Å². The van der Waals surface area contributed by atoms with E-state index in [1.807, 2.05) is 19.1 Å². The molecule has 0 radical (unpaired) electrons. The minimum absolute atomic E-state index is 0.0453. The van der Waals surface area contributed by atoms with Crippen molar-refractivity contribution < 1.29 is 37.1 Å². The molecule has 0 aliphatic carbocycles. The topological polar surface area (TPSA) is 159 Å². The quantitative estimate of drug-likeness (QED) is 0.0958. The Morgan fingerprint density at radius 3 is 2.45 bits per heavy atom. The van der Waals surface area contributed by atoms with E-state index < -0.39 is 38.0 Å². The summed E-state index contributed by atoms with van der Waals surface area (Å²) in [4.78, 5) is 23.4. The van der Waals surface area contributed by atoms with Crippen molar-refractivity contribution in [3.8, 4) is 23.0 Å². The lowest BCUT2D eigenvalue weighted by molar-refractivity contribution is -0.387. The van der Waals surface area contributed by atoms with Crippen LogP contribution < -0.4 is 28.7 Å². The van der Waals surface area contributed by atoms with E-state index in [9.17, 15) is 23.3 Å². The predicted molar refractivity (Wildman–Crippen MR) is 176 cm³/mol. The number of nitro benzene ring substituents is 1. The lowest BCUT2D eigenvalue weighted by Crippen LogP contribution is -2.40. The van der Waals surface area contributed by atoms with E-state index in [-0.39, 0.29) is 18.0 Å². The standard InChI is InChI=1S/C32H31ClN4O9S/c1-4-45-30-17-22(12-15-28(30)46-21-23-8-7-9-24(33)16-23)19-34-35-32(38)20-36(26-14-13-25(43-2)18-29(26)44-3)47(41,42)31-11-6-5-10-27(31)37(39)40/h5-19H,4,20-21H2,1-3H3,(H,35,38)/b34-19-. The number of ether oxygens (including phenoxy) is 4. The van der Waals surface area contributed by atoms with E-state index in [4.69, 9.17) is 30.5 Å². The van der Waals surface area contributed by atoms with Gasteiger partial charge in [0, 0.05) is 17.2 Å². The Balaban J connectivity index is 1.57. The number of carbonyl (C=O) groups excluding carboxylic acids is 1. The Morgan fingerprint density at radius 1 is 0.957 bits per heavy atom. The van der Waals surface area contributed by atoms with Crippen LogP contribution in [0.25, 0.3) is 0 Å². The Labute approximate surface area is 276 Å². The first-order valence-electron chi connectivity index (χ1n) is 14.0. The number of halogens is 1. The second kappa shape index (κ2) is 15.8. The van der Waals surface area contributed by atoms with Gasteiger partial charge in [0.25, 0.3) is 21.6 Å². The van der Waals surface area contributed by atoms with Gasteiger partial charge in [0.1, 0.15) is 24.7 Å². The molecule has 0 atom stereocenters. The highest BCUT2D eigenvalue weighted by molar-refractivity contribution is 7.93. The largest absolute Gasteiger partial charge is 0.497 e. The van der Waals surface area contributed by atoms with Crippen molar-refractivity contribution in [2.45, 2.75) is 18.4 Å². The molecule has 0 aliphatic rings. The molecule has 1 amide bonds. The van der Waals surface area contributed by atoms with E-state index in [0.29, 0.717) is 38.7 Å². The van der Waals surface area contributed by atoms with Gasteiger partial charge in [-0.2, -0.15) is 5.10 Å². The lowest BCUT2D eigenvalue weighted by atomic mass is 10.2. The van der Waals surface area contributed by atoms with Gasteiger partial charge in [-0.15, -0.1) is 0 Å². The zero-order valence-electron chi connectivity index (χ0n) is 25.6. The summed E-state index contributed by atoms with van der Waals surface area (Å²) in [7, 11) is -1.95. The number of amides is 1. The number of sulfonamides is 1. The van der Waals surface area contributed by atoms with Crippen molar-refractivity contribution >= 4 is 45.1 Å². The van der Waals surface area contributed by atoms with Crippen LogP contribution in [0.1, 0.15) is 18.1 Å². The van der Waals surface area contributed by atoms with Crippen molar-refractivity contribution in [1.29, 1.82) is 0 Å². The minimum atomic E-state index is -4.68. The second-order valence-electron chi connectivity index (χ2n) is 9.63. The molecule has 0 bridgehead atoms. The summed E-state index contributed by atoms with van der Waals surface area (Å²) in [6, 6.07) is 21.4. The molecule has 0 fully saturated rings. The Morgan fingerprint density at radius 2 is 1.74 bits per heavy atom. The average molecular weight is 683 g/mol. The highest BCUT2D eigenvalue weighted by atomic mass is 35.5. The maximum absolute atomic E-state index is 13.9. The van der Waals surface area contributed by atoms with Crippen LogP contribution in [0.2, 0.25) is 5.02 Å². The van der Waals surface area contributed by atoms with Crippen LogP contribution >= 0.6 is 11.6 Å². The number of carbonyl (C=O) groups is 1. The average Bonchev–Trinajstić information content (AvgIpc) is 3.06. The molecule has 0 spiro atoms. The predicted octanol–water partition coefficient (Wildman–Crippen LogP) is 5.59. The first-order chi connectivity index (χ1) is 22.6. The van der Waals surface area contributed by atoms with Crippen molar-refractivity contribution in [2.24, 2.45) is 5.10 Å². The zero-order valence-corrected chi connectivity index (χ0v) is 27.2. The summed E-state index contributed by atoms with van der Waals surface area (Å²) in [5.41, 5.74) is 3.02. The van der Waals surface area contributed by atoms with E-state index in [1.54, 1.807) is 30.3 Å². The van der Waals surface area contributed by atoms with Crippen molar-refractivity contribution in [1.82, 2.24) is 5.43 Å². The van der Waals surface area contributed by atoms with Crippen molar-refractivity contribution in [3.63, 3.8) is 0 Å². The molecule has 0 aliphatic heterocycles. The highest BCUT2D eigenvalue weighted by Gasteiger charge is 2.34. The monoisotopic (exact) mass is 682 g/mol. The fraction of sp³-hybridized carbons (Fsp3) is 0.188. The molecule has 246 valence electrons. The van der Waals surface area contributed by atoms with Crippen LogP contribution in [0.3, 0.4) is 0 Å². The van der Waals surface area contributed by atoms with E-state index in [2.05, 4.69) is 10.5 Å². The number of methoxy groups -OCH3 is 2. The van der Waals surface area contributed by atoms with Gasteiger partial charge in [-0.3, -0.25) is 19.2 Å². The fourth-order valence-corrected chi connectivity index (χ4v) is 6.17. The molecule has 0 heterocycles. The number of nitrogens with one attached hydrogen (secondary N) is 1. The molecule has 0 saturated carbocycles. The molecule has 0 aromatic heterocycles. The van der Waals surface area contributed by atoms with Crippen molar-refractivity contribution in [3.05, 3.63) is 111 Å². The first-order valence-corrected chi connectivity index (χ1v) is 15.8. The fourth-order valence-electron chi connectivity index (χ4n) is 4.36. The molecular weight excluding hydrogens is 652 g/mol. The number of benzene rings is 4. The van der Waals surface area contributed by atoms with Gasteiger partial charge in [-0.1, -0.05) is 35.9 Å². The van der Waals surface area contributed by atoms with Gasteiger partial charge in [-0.05, 0) is 66.6 Å². The van der Waals surface area contributed by atoms with E-state index in [0.717, 1.165) is 17.7 Å². The van der Waals surface area contributed by atoms with Gasteiger partial charge in [0.15, 0.2) is 16.4 Å². The Bertz CT molecular complexity index is 1890. The van der Waals surface area contributed by atoms with Crippen LogP contribution in [0.5, 0.6) is 23.0 Å². The third kappa shape index (κ3) is 8.68.